The minimum atomic E-state index is -1.42. The highest BCUT2D eigenvalue weighted by atomic mass is 32.2. The van der Waals surface area contributed by atoms with Crippen LogP contribution in [-0.4, -0.2) is 31.3 Å². The monoisotopic (exact) mass is 510 g/mol. The molecule has 0 spiro atoms. The van der Waals surface area contributed by atoms with Crippen LogP contribution in [0.2, 0.25) is 0 Å². The van der Waals surface area contributed by atoms with Crippen molar-refractivity contribution in [1.82, 2.24) is 5.32 Å². The fraction of sp³-hybridized carbons (Fsp3) is 0.214. The second-order valence-corrected chi connectivity index (χ2v) is 8.78. The molecule has 0 saturated heterocycles. The topological polar surface area (TPSA) is 48.8 Å². The molecule has 0 fully saturated rings. The molecule has 0 radical (unpaired) electrons. The van der Waals surface area contributed by atoms with E-state index in [-0.39, 0.29) is 4.90 Å². The predicted molar refractivity (Wildman–Crippen MR) is 145 cm³/mol. The van der Waals surface area contributed by atoms with Crippen LogP contribution < -0.4 is 10.0 Å². The summed E-state index contributed by atoms with van der Waals surface area (Å²) in [6.07, 6.45) is 2.70. The van der Waals surface area contributed by atoms with Crippen molar-refractivity contribution in [2.24, 2.45) is 9.98 Å². The SMILES string of the molecule is C/C=C\C(=N/C(NCc1ccc(NSc2c(F)cccc2F)cc1)C(F)C=NC)c1ccccc1C. The van der Waals surface area contributed by atoms with Crippen LogP contribution in [0.3, 0.4) is 0 Å². The van der Waals surface area contributed by atoms with Gasteiger partial charge < -0.3 is 4.72 Å². The molecule has 2 atom stereocenters. The molecule has 3 rings (SSSR count). The number of hydrogen-bond acceptors (Lipinski definition) is 5. The van der Waals surface area contributed by atoms with E-state index < -0.39 is 24.0 Å². The highest BCUT2D eigenvalue weighted by molar-refractivity contribution is 8.00. The summed E-state index contributed by atoms with van der Waals surface area (Å²) in [4.78, 5) is 8.43. The molecule has 0 aliphatic carbocycles. The van der Waals surface area contributed by atoms with E-state index in [1.165, 1.54) is 31.5 Å². The minimum Gasteiger partial charge on any atom is -0.325 e. The Morgan fingerprint density at radius 1 is 1.00 bits per heavy atom. The fourth-order valence-corrected chi connectivity index (χ4v) is 4.11. The molecule has 3 aromatic carbocycles. The van der Waals surface area contributed by atoms with E-state index in [1.807, 2.05) is 62.4 Å². The van der Waals surface area contributed by atoms with Gasteiger partial charge in [0, 0.05) is 31.1 Å². The van der Waals surface area contributed by atoms with Crippen LogP contribution >= 0.6 is 11.9 Å². The van der Waals surface area contributed by atoms with Gasteiger partial charge in [-0.15, -0.1) is 0 Å². The Morgan fingerprint density at radius 2 is 1.69 bits per heavy atom. The van der Waals surface area contributed by atoms with Crippen molar-refractivity contribution in [3.05, 3.63) is 107 Å². The lowest BCUT2D eigenvalue weighted by atomic mass is 10.0. The van der Waals surface area contributed by atoms with Gasteiger partial charge >= 0.3 is 0 Å². The Labute approximate surface area is 214 Å². The summed E-state index contributed by atoms with van der Waals surface area (Å²) in [5, 5.41) is 3.18. The molecule has 3 aromatic rings. The van der Waals surface area contributed by atoms with Gasteiger partial charge in [0.1, 0.15) is 17.8 Å². The van der Waals surface area contributed by atoms with Crippen molar-refractivity contribution in [3.63, 3.8) is 0 Å². The normalized spacial score (nSPS) is 13.9. The molecule has 0 aliphatic rings. The van der Waals surface area contributed by atoms with Crippen LogP contribution in [0.1, 0.15) is 23.6 Å². The van der Waals surface area contributed by atoms with Crippen LogP contribution in [-0.2, 0) is 6.54 Å². The molecule has 0 bridgehead atoms. The van der Waals surface area contributed by atoms with E-state index >= 15 is 0 Å². The highest BCUT2D eigenvalue weighted by Gasteiger charge is 2.19. The number of halogens is 3. The van der Waals surface area contributed by atoms with Crippen molar-refractivity contribution >= 4 is 29.6 Å². The van der Waals surface area contributed by atoms with E-state index in [2.05, 4.69) is 15.0 Å². The van der Waals surface area contributed by atoms with Crippen LogP contribution in [0.15, 0.2) is 93.8 Å². The van der Waals surface area contributed by atoms with Gasteiger partial charge in [0.15, 0.2) is 6.17 Å². The van der Waals surface area contributed by atoms with Crippen molar-refractivity contribution in [1.29, 1.82) is 0 Å². The highest BCUT2D eigenvalue weighted by Crippen LogP contribution is 2.26. The van der Waals surface area contributed by atoms with Crippen molar-refractivity contribution < 1.29 is 13.2 Å². The van der Waals surface area contributed by atoms with Crippen LogP contribution in [0.5, 0.6) is 0 Å². The second-order valence-electron chi connectivity index (χ2n) is 7.96. The summed E-state index contributed by atoms with van der Waals surface area (Å²) in [6, 6.07) is 18.9. The number of aryl methyl sites for hydroxylation is 1. The average Bonchev–Trinajstić information content (AvgIpc) is 2.87. The van der Waals surface area contributed by atoms with Crippen molar-refractivity contribution in [3.8, 4) is 0 Å². The maximum absolute atomic E-state index is 15.0. The van der Waals surface area contributed by atoms with E-state index in [0.29, 0.717) is 17.9 Å². The number of allylic oxidation sites excluding steroid dienone is 2. The predicted octanol–water partition coefficient (Wildman–Crippen LogP) is 6.91. The molecule has 36 heavy (non-hydrogen) atoms. The average molecular weight is 511 g/mol. The molecular weight excluding hydrogens is 481 g/mol. The fourth-order valence-electron chi connectivity index (χ4n) is 3.43. The van der Waals surface area contributed by atoms with Gasteiger partial charge in [0.25, 0.3) is 0 Å². The Morgan fingerprint density at radius 3 is 2.33 bits per heavy atom. The molecule has 2 unspecified atom stereocenters. The summed E-state index contributed by atoms with van der Waals surface area (Å²) < 4.78 is 45.5. The summed E-state index contributed by atoms with van der Waals surface area (Å²) in [6.45, 7) is 4.25. The molecule has 0 amide bonds. The number of alkyl halides is 1. The lowest BCUT2D eigenvalue weighted by Gasteiger charge is -2.18. The third-order valence-electron chi connectivity index (χ3n) is 5.28. The first-order chi connectivity index (χ1) is 17.4. The number of anilines is 1. The maximum atomic E-state index is 15.0. The molecule has 4 nitrogen and oxygen atoms in total. The summed E-state index contributed by atoms with van der Waals surface area (Å²) in [5.41, 5.74) is 4.23. The van der Waals surface area contributed by atoms with Gasteiger partial charge in [-0.2, -0.15) is 0 Å². The smallest absolute Gasteiger partial charge is 0.170 e. The van der Waals surface area contributed by atoms with Gasteiger partial charge in [-0.3, -0.25) is 15.3 Å². The molecule has 0 heterocycles. The van der Waals surface area contributed by atoms with E-state index in [9.17, 15) is 13.2 Å². The van der Waals surface area contributed by atoms with Crippen molar-refractivity contribution in [2.75, 3.05) is 11.8 Å². The Kier molecular flexibility index (Phi) is 10.3. The standard InChI is InChI=1S/C28H29F3N4S/c1-4-8-26(22-10-6-5-9-19(22)2)34-28(25(31)18-32-3)33-17-20-13-15-21(16-14-20)35-36-27-23(29)11-7-12-24(27)30/h4-16,18,25,28,33,35H,17H2,1-3H3/b8-4-,32-18?,34-26+. The first kappa shape index (κ1) is 27.2. The minimum absolute atomic E-state index is 0.0962. The van der Waals surface area contributed by atoms with Gasteiger partial charge in [0.2, 0.25) is 0 Å². The Balaban J connectivity index is 1.72. The number of hydrogen-bond donors (Lipinski definition) is 2. The van der Waals surface area contributed by atoms with Crippen LogP contribution in [0.25, 0.3) is 0 Å². The quantitative estimate of drug-likeness (QED) is 0.218. The number of aliphatic imine (C=N–C) groups is 2. The third kappa shape index (κ3) is 7.57. The van der Waals surface area contributed by atoms with E-state index in [4.69, 9.17) is 4.99 Å². The number of nitrogens with zero attached hydrogens (tertiary/aromatic N) is 2. The lowest BCUT2D eigenvalue weighted by molar-refractivity contribution is 0.329. The second kappa shape index (κ2) is 13.7. The zero-order chi connectivity index (χ0) is 25.9. The van der Waals surface area contributed by atoms with Crippen LogP contribution in [0, 0.1) is 18.6 Å². The largest absolute Gasteiger partial charge is 0.325 e. The van der Waals surface area contributed by atoms with E-state index in [0.717, 1.165) is 28.6 Å². The number of benzene rings is 3. The first-order valence-corrected chi connectivity index (χ1v) is 12.3. The lowest BCUT2D eigenvalue weighted by Crippen LogP contribution is -2.37. The first-order valence-electron chi connectivity index (χ1n) is 11.4. The summed E-state index contributed by atoms with van der Waals surface area (Å²) >= 11 is 0.867. The number of nitrogens with one attached hydrogen (secondary N) is 2. The zero-order valence-electron chi connectivity index (χ0n) is 20.4. The molecule has 188 valence electrons. The maximum Gasteiger partial charge on any atom is 0.170 e. The molecular formula is C28H29F3N4S. The van der Waals surface area contributed by atoms with E-state index in [1.54, 1.807) is 12.1 Å². The summed E-state index contributed by atoms with van der Waals surface area (Å²) in [7, 11) is 1.53. The molecule has 2 N–H and O–H groups in total. The molecule has 0 aromatic heterocycles. The Bertz CT molecular complexity index is 1210. The van der Waals surface area contributed by atoms with Gasteiger partial charge in [-0.05, 0) is 67.3 Å². The zero-order valence-corrected chi connectivity index (χ0v) is 21.2. The molecule has 0 aliphatic heterocycles. The third-order valence-corrected chi connectivity index (χ3v) is 6.21. The van der Waals surface area contributed by atoms with Gasteiger partial charge in [0.05, 0.1) is 10.6 Å². The van der Waals surface area contributed by atoms with Gasteiger partial charge in [-0.1, -0.05) is 48.5 Å². The molecule has 8 heteroatoms. The van der Waals surface area contributed by atoms with Gasteiger partial charge in [-0.25, -0.2) is 13.2 Å². The van der Waals surface area contributed by atoms with Crippen LogP contribution in [0.4, 0.5) is 18.9 Å². The Hall–Kier alpha value is -3.36. The van der Waals surface area contributed by atoms with Crippen molar-refractivity contribution in [2.45, 2.75) is 37.6 Å². The molecule has 0 saturated carbocycles. The number of rotatable bonds is 11. The summed E-state index contributed by atoms with van der Waals surface area (Å²) in [5.74, 6) is -1.25.